The zero-order valence-corrected chi connectivity index (χ0v) is 18.5. The summed E-state index contributed by atoms with van der Waals surface area (Å²) in [5.41, 5.74) is 3.20. The van der Waals surface area contributed by atoms with Crippen molar-refractivity contribution in [3.05, 3.63) is 83.4 Å². The highest BCUT2D eigenvalue weighted by Crippen LogP contribution is 2.34. The van der Waals surface area contributed by atoms with Crippen molar-refractivity contribution in [2.45, 2.75) is 25.6 Å². The summed E-state index contributed by atoms with van der Waals surface area (Å²) < 4.78 is 22.1. The molecule has 168 valence electrons. The van der Waals surface area contributed by atoms with Gasteiger partial charge in [0.1, 0.15) is 0 Å². The van der Waals surface area contributed by atoms with E-state index in [4.69, 9.17) is 18.9 Å². The molecule has 6 heteroatoms. The lowest BCUT2D eigenvalue weighted by Crippen LogP contribution is -2.33. The number of para-hydroxylation sites is 1. The molecule has 0 saturated carbocycles. The summed E-state index contributed by atoms with van der Waals surface area (Å²) in [5.74, 6) is 2.92. The Hall–Kier alpha value is -3.22. The first-order valence-electron chi connectivity index (χ1n) is 10.7. The minimum Gasteiger partial charge on any atom is -0.493 e. The van der Waals surface area contributed by atoms with Gasteiger partial charge in [-0.25, -0.2) is 0 Å². The summed E-state index contributed by atoms with van der Waals surface area (Å²) >= 11 is 0. The van der Waals surface area contributed by atoms with Crippen LogP contribution in [0.2, 0.25) is 0 Å². The number of aliphatic hydroxyl groups excluding tert-OH is 1. The van der Waals surface area contributed by atoms with Crippen LogP contribution in [0, 0.1) is 0 Å². The molecule has 1 unspecified atom stereocenters. The van der Waals surface area contributed by atoms with Gasteiger partial charge in [-0.3, -0.25) is 4.90 Å². The summed E-state index contributed by atoms with van der Waals surface area (Å²) in [6.45, 7) is 1.99. The quantitative estimate of drug-likeness (QED) is 0.519. The van der Waals surface area contributed by atoms with Gasteiger partial charge in [0.2, 0.25) is 6.79 Å². The van der Waals surface area contributed by atoms with Crippen molar-refractivity contribution in [1.82, 2.24) is 4.90 Å². The Morgan fingerprint density at radius 2 is 1.69 bits per heavy atom. The van der Waals surface area contributed by atoms with Crippen molar-refractivity contribution in [3.8, 4) is 23.0 Å². The summed E-state index contributed by atoms with van der Waals surface area (Å²) in [7, 11) is 3.28. The number of ether oxygens (including phenoxy) is 4. The van der Waals surface area contributed by atoms with Crippen LogP contribution in [0.3, 0.4) is 0 Å². The molecule has 0 saturated heterocycles. The fourth-order valence-electron chi connectivity index (χ4n) is 4.05. The molecule has 0 fully saturated rings. The lowest BCUT2D eigenvalue weighted by molar-refractivity contribution is 0.104. The number of hydrogen-bond donors (Lipinski definition) is 1. The maximum Gasteiger partial charge on any atom is 0.231 e. The predicted molar refractivity (Wildman–Crippen MR) is 122 cm³/mol. The standard InChI is InChI=1S/C26H29NO5/c1-29-24-10-6-9-21(26(24)30-2)16-27(17-22(28)13-19-7-4-3-5-8-19)15-20-11-12-23-25(14-20)32-18-31-23/h3-12,14,22,28H,13,15-18H2,1-2H3. The van der Waals surface area contributed by atoms with E-state index in [-0.39, 0.29) is 6.79 Å². The van der Waals surface area contributed by atoms with E-state index in [1.165, 1.54) is 0 Å². The molecule has 1 heterocycles. The molecular formula is C26H29NO5. The first kappa shape index (κ1) is 22.0. The number of nitrogens with zero attached hydrogens (tertiary/aromatic N) is 1. The Labute approximate surface area is 188 Å². The first-order chi connectivity index (χ1) is 15.7. The van der Waals surface area contributed by atoms with Crippen molar-refractivity contribution >= 4 is 0 Å². The van der Waals surface area contributed by atoms with Crippen LogP contribution in [0.25, 0.3) is 0 Å². The number of rotatable bonds is 10. The van der Waals surface area contributed by atoms with Crippen LogP contribution in [-0.4, -0.2) is 43.7 Å². The topological polar surface area (TPSA) is 60.4 Å². The van der Waals surface area contributed by atoms with Gasteiger partial charge >= 0.3 is 0 Å². The molecule has 0 amide bonds. The van der Waals surface area contributed by atoms with Crippen molar-refractivity contribution in [2.24, 2.45) is 0 Å². The van der Waals surface area contributed by atoms with E-state index < -0.39 is 6.10 Å². The molecule has 1 aliphatic heterocycles. The molecule has 3 aromatic carbocycles. The Morgan fingerprint density at radius 1 is 0.875 bits per heavy atom. The number of aliphatic hydroxyl groups is 1. The fourth-order valence-corrected chi connectivity index (χ4v) is 4.05. The van der Waals surface area contributed by atoms with E-state index in [9.17, 15) is 5.11 Å². The van der Waals surface area contributed by atoms with Crippen LogP contribution in [0.5, 0.6) is 23.0 Å². The number of hydrogen-bond acceptors (Lipinski definition) is 6. The molecule has 0 radical (unpaired) electrons. The highest BCUT2D eigenvalue weighted by molar-refractivity contribution is 5.47. The van der Waals surface area contributed by atoms with Crippen LogP contribution in [0.4, 0.5) is 0 Å². The van der Waals surface area contributed by atoms with Crippen LogP contribution < -0.4 is 18.9 Å². The summed E-state index contributed by atoms with van der Waals surface area (Å²) in [6.07, 6.45) is 0.0799. The van der Waals surface area contributed by atoms with Gasteiger partial charge in [-0.05, 0) is 35.7 Å². The lowest BCUT2D eigenvalue weighted by atomic mass is 10.1. The smallest absolute Gasteiger partial charge is 0.231 e. The van der Waals surface area contributed by atoms with E-state index in [1.54, 1.807) is 14.2 Å². The van der Waals surface area contributed by atoms with Crippen LogP contribution >= 0.6 is 0 Å². The molecule has 0 bridgehead atoms. The zero-order chi connectivity index (χ0) is 22.3. The summed E-state index contributed by atoms with van der Waals surface area (Å²) in [5, 5.41) is 10.9. The highest BCUT2D eigenvalue weighted by Gasteiger charge is 2.19. The molecule has 32 heavy (non-hydrogen) atoms. The molecule has 1 N–H and O–H groups in total. The van der Waals surface area contributed by atoms with Gasteiger partial charge < -0.3 is 24.1 Å². The van der Waals surface area contributed by atoms with Crippen LogP contribution in [0.1, 0.15) is 16.7 Å². The molecule has 1 atom stereocenters. The molecule has 0 spiro atoms. The Morgan fingerprint density at radius 3 is 2.47 bits per heavy atom. The maximum absolute atomic E-state index is 10.9. The second kappa shape index (κ2) is 10.4. The predicted octanol–water partition coefficient (Wildman–Crippen LogP) is 4.04. The third-order valence-corrected chi connectivity index (χ3v) is 5.50. The summed E-state index contributed by atoms with van der Waals surface area (Å²) in [4.78, 5) is 2.21. The largest absolute Gasteiger partial charge is 0.493 e. The molecule has 1 aliphatic rings. The second-order valence-corrected chi connectivity index (χ2v) is 7.85. The fraction of sp³-hybridized carbons (Fsp3) is 0.308. The Kier molecular flexibility index (Phi) is 7.14. The average molecular weight is 436 g/mol. The average Bonchev–Trinajstić information content (AvgIpc) is 3.27. The normalized spacial score (nSPS) is 13.2. The van der Waals surface area contributed by atoms with Gasteiger partial charge in [0.05, 0.1) is 20.3 Å². The molecule has 0 aliphatic carbocycles. The van der Waals surface area contributed by atoms with Crippen molar-refractivity contribution < 1.29 is 24.1 Å². The third kappa shape index (κ3) is 5.33. The molecular weight excluding hydrogens is 406 g/mol. The number of methoxy groups -OCH3 is 2. The minimum absolute atomic E-state index is 0.249. The molecule has 3 aromatic rings. The van der Waals surface area contributed by atoms with Crippen LogP contribution in [0.15, 0.2) is 66.7 Å². The minimum atomic E-state index is -0.511. The lowest BCUT2D eigenvalue weighted by Gasteiger charge is -2.26. The van der Waals surface area contributed by atoms with E-state index in [0.717, 1.165) is 28.2 Å². The number of fused-ring (bicyclic) bond motifs is 1. The van der Waals surface area contributed by atoms with E-state index in [2.05, 4.69) is 4.90 Å². The van der Waals surface area contributed by atoms with Gasteiger partial charge in [0.25, 0.3) is 0 Å². The van der Waals surface area contributed by atoms with Gasteiger partial charge in [-0.1, -0.05) is 48.5 Å². The SMILES string of the molecule is COc1cccc(CN(Cc2ccc3c(c2)OCO3)CC(O)Cc2ccccc2)c1OC. The summed E-state index contributed by atoms with van der Waals surface area (Å²) in [6, 6.07) is 21.9. The van der Waals surface area contributed by atoms with Crippen molar-refractivity contribution in [1.29, 1.82) is 0 Å². The van der Waals surface area contributed by atoms with Crippen molar-refractivity contribution in [3.63, 3.8) is 0 Å². The van der Waals surface area contributed by atoms with E-state index in [0.29, 0.717) is 37.6 Å². The highest BCUT2D eigenvalue weighted by atomic mass is 16.7. The van der Waals surface area contributed by atoms with Gasteiger partial charge in [-0.15, -0.1) is 0 Å². The Bertz CT molecular complexity index is 1020. The second-order valence-electron chi connectivity index (χ2n) is 7.85. The molecule has 6 nitrogen and oxygen atoms in total. The van der Waals surface area contributed by atoms with Gasteiger partial charge in [0.15, 0.2) is 23.0 Å². The monoisotopic (exact) mass is 435 g/mol. The molecule has 4 rings (SSSR count). The van der Waals surface area contributed by atoms with Gasteiger partial charge in [-0.2, -0.15) is 0 Å². The Balaban J connectivity index is 1.54. The zero-order valence-electron chi connectivity index (χ0n) is 18.5. The maximum atomic E-state index is 10.9. The van der Waals surface area contributed by atoms with Gasteiger partial charge in [0, 0.05) is 25.2 Å². The van der Waals surface area contributed by atoms with Crippen molar-refractivity contribution in [2.75, 3.05) is 27.6 Å². The van der Waals surface area contributed by atoms with Crippen LogP contribution in [-0.2, 0) is 19.5 Å². The number of benzene rings is 3. The first-order valence-corrected chi connectivity index (χ1v) is 10.7. The van der Waals surface area contributed by atoms with E-state index >= 15 is 0 Å². The van der Waals surface area contributed by atoms with E-state index in [1.807, 2.05) is 66.7 Å². The third-order valence-electron chi connectivity index (χ3n) is 5.50. The molecule has 0 aromatic heterocycles.